The normalized spacial score (nSPS) is 20.0. The second-order valence-corrected chi connectivity index (χ2v) is 6.08. The molecule has 0 saturated carbocycles. The summed E-state index contributed by atoms with van der Waals surface area (Å²) in [6.45, 7) is 3.41. The van der Waals surface area contributed by atoms with E-state index in [-0.39, 0.29) is 6.04 Å². The highest BCUT2D eigenvalue weighted by Crippen LogP contribution is 2.33. The zero-order valence-electron chi connectivity index (χ0n) is 13.1. The molecule has 1 fully saturated rings. The van der Waals surface area contributed by atoms with Gasteiger partial charge in [0.2, 0.25) is 5.88 Å². The Morgan fingerprint density at radius 2 is 2.00 bits per heavy atom. The smallest absolute Gasteiger partial charge is 0.213 e. The van der Waals surface area contributed by atoms with E-state index < -0.39 is 5.72 Å². The maximum atomic E-state index is 11.2. The van der Waals surface area contributed by atoms with E-state index in [1.54, 1.807) is 7.11 Å². The summed E-state index contributed by atoms with van der Waals surface area (Å²) in [7, 11) is 1.60. The van der Waals surface area contributed by atoms with E-state index in [2.05, 4.69) is 9.88 Å². The summed E-state index contributed by atoms with van der Waals surface area (Å²) in [5.41, 5.74) is 6.48. The predicted octanol–water partition coefficient (Wildman–Crippen LogP) is 1.83. The molecule has 1 aromatic carbocycles. The highest BCUT2D eigenvalue weighted by molar-refractivity contribution is 5.83. The average Bonchev–Trinajstić information content (AvgIpc) is 2.54. The molecular formula is C17H23N3O2. The van der Waals surface area contributed by atoms with E-state index >= 15 is 0 Å². The molecule has 1 unspecified atom stereocenters. The number of piperidine rings is 1. The number of rotatable bonds is 3. The van der Waals surface area contributed by atoms with Gasteiger partial charge in [-0.15, -0.1) is 0 Å². The van der Waals surface area contributed by atoms with Crippen molar-refractivity contribution >= 4 is 10.9 Å². The lowest BCUT2D eigenvalue weighted by molar-refractivity contribution is -0.109. The highest BCUT2D eigenvalue weighted by Gasteiger charge is 2.35. The summed E-state index contributed by atoms with van der Waals surface area (Å²) in [5.74, 6) is 0.552. The number of methoxy groups -OCH3 is 1. The van der Waals surface area contributed by atoms with Gasteiger partial charge in [-0.1, -0.05) is 18.2 Å². The summed E-state index contributed by atoms with van der Waals surface area (Å²) in [4.78, 5) is 6.61. The Kier molecular flexibility index (Phi) is 4.04. The van der Waals surface area contributed by atoms with Crippen LogP contribution in [0.25, 0.3) is 10.9 Å². The third-order valence-electron chi connectivity index (χ3n) is 4.57. The van der Waals surface area contributed by atoms with Crippen molar-refractivity contribution in [1.82, 2.24) is 9.88 Å². The zero-order chi connectivity index (χ0) is 15.7. The van der Waals surface area contributed by atoms with Gasteiger partial charge in [0.15, 0.2) is 0 Å². The quantitative estimate of drug-likeness (QED) is 0.905. The van der Waals surface area contributed by atoms with E-state index in [0.29, 0.717) is 5.88 Å². The molecule has 2 aromatic rings. The van der Waals surface area contributed by atoms with Crippen LogP contribution in [-0.2, 0) is 5.72 Å². The second kappa shape index (κ2) is 5.83. The molecular weight excluding hydrogens is 278 g/mol. The van der Waals surface area contributed by atoms with Crippen molar-refractivity contribution in [3.05, 3.63) is 35.9 Å². The van der Waals surface area contributed by atoms with Crippen LogP contribution in [0.15, 0.2) is 30.3 Å². The number of ether oxygens (including phenoxy) is 1. The fourth-order valence-electron chi connectivity index (χ4n) is 3.13. The Morgan fingerprint density at radius 3 is 2.68 bits per heavy atom. The van der Waals surface area contributed by atoms with Gasteiger partial charge in [0, 0.05) is 36.1 Å². The first-order chi connectivity index (χ1) is 10.5. The zero-order valence-corrected chi connectivity index (χ0v) is 13.1. The summed E-state index contributed by atoms with van der Waals surface area (Å²) in [6, 6.07) is 9.91. The molecule has 2 heterocycles. The summed E-state index contributed by atoms with van der Waals surface area (Å²) >= 11 is 0. The first-order valence-electron chi connectivity index (χ1n) is 7.69. The molecule has 1 saturated heterocycles. The number of benzene rings is 1. The minimum atomic E-state index is -1.07. The van der Waals surface area contributed by atoms with E-state index in [0.717, 1.165) is 42.4 Å². The lowest BCUT2D eigenvalue weighted by Crippen LogP contribution is -2.50. The molecule has 3 N–H and O–H groups in total. The molecule has 0 radical (unpaired) electrons. The second-order valence-electron chi connectivity index (χ2n) is 6.08. The third-order valence-corrected chi connectivity index (χ3v) is 4.57. The number of hydrogen-bond donors (Lipinski definition) is 2. The van der Waals surface area contributed by atoms with E-state index in [1.165, 1.54) is 0 Å². The molecule has 0 spiro atoms. The maximum absolute atomic E-state index is 11.2. The molecule has 0 bridgehead atoms. The number of fused-ring (bicyclic) bond motifs is 1. The van der Waals surface area contributed by atoms with Crippen LogP contribution < -0.4 is 10.5 Å². The van der Waals surface area contributed by atoms with E-state index in [1.807, 2.05) is 37.3 Å². The van der Waals surface area contributed by atoms with Crippen molar-refractivity contribution in [2.24, 2.45) is 5.73 Å². The minimum absolute atomic E-state index is 0.234. The monoisotopic (exact) mass is 301 g/mol. The fourth-order valence-corrected chi connectivity index (χ4v) is 3.13. The largest absolute Gasteiger partial charge is 0.481 e. The Morgan fingerprint density at radius 1 is 1.27 bits per heavy atom. The van der Waals surface area contributed by atoms with Crippen LogP contribution >= 0.6 is 0 Å². The van der Waals surface area contributed by atoms with Crippen LogP contribution in [0.5, 0.6) is 5.88 Å². The Bertz CT molecular complexity index is 664. The summed E-state index contributed by atoms with van der Waals surface area (Å²) in [5, 5.41) is 12.2. The number of likely N-dealkylation sites (tertiary alicyclic amines) is 1. The van der Waals surface area contributed by atoms with Crippen LogP contribution in [0.3, 0.4) is 0 Å². The molecule has 1 atom stereocenters. The number of nitrogens with zero attached hydrogens (tertiary/aromatic N) is 2. The molecule has 1 aliphatic rings. The number of para-hydroxylation sites is 1. The number of pyridine rings is 1. The van der Waals surface area contributed by atoms with Crippen LogP contribution in [-0.4, -0.2) is 41.2 Å². The van der Waals surface area contributed by atoms with Gasteiger partial charge in [0.1, 0.15) is 5.72 Å². The Balaban J connectivity index is 2.04. The molecule has 5 nitrogen and oxygen atoms in total. The number of aliphatic hydroxyl groups is 1. The van der Waals surface area contributed by atoms with Crippen LogP contribution in [0, 0.1) is 0 Å². The van der Waals surface area contributed by atoms with Gasteiger partial charge in [0.05, 0.1) is 12.6 Å². The van der Waals surface area contributed by atoms with Crippen molar-refractivity contribution in [2.45, 2.75) is 31.5 Å². The lowest BCUT2D eigenvalue weighted by atomic mass is 9.96. The molecule has 1 aromatic heterocycles. The van der Waals surface area contributed by atoms with E-state index in [9.17, 15) is 5.11 Å². The number of nitrogens with two attached hydrogens (primary N) is 1. The summed E-state index contributed by atoms with van der Waals surface area (Å²) in [6.07, 6.45) is 1.80. The van der Waals surface area contributed by atoms with E-state index in [4.69, 9.17) is 10.5 Å². The highest BCUT2D eigenvalue weighted by atomic mass is 16.5. The Hall–Kier alpha value is -1.69. The van der Waals surface area contributed by atoms with Gasteiger partial charge < -0.3 is 15.6 Å². The average molecular weight is 301 g/mol. The maximum Gasteiger partial charge on any atom is 0.213 e. The molecule has 3 rings (SSSR count). The van der Waals surface area contributed by atoms with Gasteiger partial charge in [-0.25, -0.2) is 4.98 Å². The molecule has 5 heteroatoms. The van der Waals surface area contributed by atoms with Crippen LogP contribution in [0.1, 0.15) is 25.3 Å². The van der Waals surface area contributed by atoms with Crippen molar-refractivity contribution in [3.8, 4) is 5.88 Å². The number of hydrogen-bond acceptors (Lipinski definition) is 5. The van der Waals surface area contributed by atoms with Crippen molar-refractivity contribution in [2.75, 3.05) is 20.2 Å². The molecule has 0 amide bonds. The van der Waals surface area contributed by atoms with Crippen LogP contribution in [0.2, 0.25) is 0 Å². The van der Waals surface area contributed by atoms with Crippen molar-refractivity contribution < 1.29 is 9.84 Å². The molecule has 22 heavy (non-hydrogen) atoms. The predicted molar refractivity (Wildman–Crippen MR) is 86.6 cm³/mol. The van der Waals surface area contributed by atoms with Crippen LogP contribution in [0.4, 0.5) is 0 Å². The van der Waals surface area contributed by atoms with Gasteiger partial charge in [0.25, 0.3) is 0 Å². The van der Waals surface area contributed by atoms with Crippen molar-refractivity contribution in [3.63, 3.8) is 0 Å². The number of aromatic nitrogens is 1. The minimum Gasteiger partial charge on any atom is -0.481 e. The standard InChI is InChI=1S/C17H23N3O2/c1-17(21,20-10-8-13(18)9-11-20)14-5-3-4-12-6-7-15(22-2)19-16(12)14/h3-7,13,21H,8-11,18H2,1-2H3. The van der Waals surface area contributed by atoms with Gasteiger partial charge in [-0.05, 0) is 25.8 Å². The fraction of sp³-hybridized carbons (Fsp3) is 0.471. The summed E-state index contributed by atoms with van der Waals surface area (Å²) < 4.78 is 5.23. The molecule has 0 aliphatic carbocycles. The SMILES string of the molecule is COc1ccc2cccc(C(C)(O)N3CCC(N)CC3)c2n1. The third kappa shape index (κ3) is 2.67. The Labute approximate surface area is 130 Å². The lowest BCUT2D eigenvalue weighted by Gasteiger charge is -2.41. The van der Waals surface area contributed by atoms with Gasteiger partial charge in [-0.2, -0.15) is 0 Å². The van der Waals surface area contributed by atoms with Gasteiger partial charge >= 0.3 is 0 Å². The first kappa shape index (κ1) is 15.2. The topological polar surface area (TPSA) is 71.6 Å². The first-order valence-corrected chi connectivity index (χ1v) is 7.69. The molecule has 118 valence electrons. The molecule has 1 aliphatic heterocycles. The van der Waals surface area contributed by atoms with Crippen molar-refractivity contribution in [1.29, 1.82) is 0 Å². The van der Waals surface area contributed by atoms with Gasteiger partial charge in [-0.3, -0.25) is 4.90 Å².